The number of nitrogens with zero attached hydrogens (tertiary/aromatic N) is 2. The van der Waals surface area contributed by atoms with Crippen LogP contribution < -0.4 is 5.73 Å². The van der Waals surface area contributed by atoms with E-state index < -0.39 is 0 Å². The highest BCUT2D eigenvalue weighted by molar-refractivity contribution is 7.98. The van der Waals surface area contributed by atoms with Crippen LogP contribution in [0.1, 0.15) is 5.56 Å². The van der Waals surface area contributed by atoms with Crippen molar-refractivity contribution in [3.05, 3.63) is 47.4 Å². The quantitative estimate of drug-likeness (QED) is 0.518. The molecule has 2 rings (SSSR count). The zero-order chi connectivity index (χ0) is 11.4. The Labute approximate surface area is 103 Å². The van der Waals surface area contributed by atoms with Gasteiger partial charge in [-0.3, -0.25) is 0 Å². The van der Waals surface area contributed by atoms with E-state index >= 15 is 0 Å². The molecule has 0 saturated carbocycles. The van der Waals surface area contributed by atoms with Gasteiger partial charge in [0.15, 0.2) is 0 Å². The van der Waals surface area contributed by atoms with Gasteiger partial charge in [0, 0.05) is 11.9 Å². The maximum atomic E-state index is 5.85. The van der Waals surface area contributed by atoms with E-state index in [1.165, 1.54) is 0 Å². The normalized spacial score (nSPS) is 10.3. The largest absolute Gasteiger partial charge is 0.398 e. The fourth-order valence-corrected chi connectivity index (χ4v) is 2.09. The van der Waals surface area contributed by atoms with E-state index in [1.807, 2.05) is 24.3 Å². The fourth-order valence-electron chi connectivity index (χ4n) is 1.20. The molecule has 16 heavy (non-hydrogen) atoms. The highest BCUT2D eigenvalue weighted by atomic mass is 35.5. The molecular weight excluding hydrogens is 242 g/mol. The number of hydrogen-bond acceptors (Lipinski definition) is 4. The van der Waals surface area contributed by atoms with E-state index in [0.29, 0.717) is 10.7 Å². The Morgan fingerprint density at radius 3 is 2.88 bits per heavy atom. The fraction of sp³-hybridized carbons (Fsp3) is 0.0909. The molecule has 0 aliphatic carbocycles. The number of thioether (sulfide) groups is 1. The maximum absolute atomic E-state index is 5.85. The van der Waals surface area contributed by atoms with Crippen LogP contribution in [0.5, 0.6) is 0 Å². The molecule has 1 heterocycles. The van der Waals surface area contributed by atoms with Crippen molar-refractivity contribution < 1.29 is 0 Å². The minimum absolute atomic E-state index is 0.593. The van der Waals surface area contributed by atoms with Crippen molar-refractivity contribution in [1.82, 2.24) is 9.97 Å². The minimum Gasteiger partial charge on any atom is -0.398 e. The molecule has 0 fully saturated rings. The summed E-state index contributed by atoms with van der Waals surface area (Å²) >= 11 is 7.48. The zero-order valence-electron chi connectivity index (χ0n) is 8.43. The van der Waals surface area contributed by atoms with Gasteiger partial charge >= 0.3 is 0 Å². The van der Waals surface area contributed by atoms with E-state index in [0.717, 1.165) is 16.3 Å². The summed E-state index contributed by atoms with van der Waals surface area (Å²) in [5.41, 5.74) is 7.47. The summed E-state index contributed by atoms with van der Waals surface area (Å²) in [4.78, 5) is 7.99. The number of benzene rings is 1. The Hall–Kier alpha value is -1.26. The van der Waals surface area contributed by atoms with E-state index in [4.69, 9.17) is 17.3 Å². The first-order valence-electron chi connectivity index (χ1n) is 4.68. The number of halogens is 1. The molecule has 0 amide bonds. The number of aromatic nitrogens is 2. The van der Waals surface area contributed by atoms with E-state index in [9.17, 15) is 0 Å². The molecule has 1 aromatic heterocycles. The van der Waals surface area contributed by atoms with Crippen LogP contribution in [-0.2, 0) is 5.75 Å². The molecule has 0 bridgehead atoms. The van der Waals surface area contributed by atoms with Crippen LogP contribution in [0.4, 0.5) is 5.69 Å². The van der Waals surface area contributed by atoms with Crippen molar-refractivity contribution >= 4 is 29.1 Å². The SMILES string of the molecule is Nc1cc(CSc2ccncn2)ccc1Cl. The van der Waals surface area contributed by atoms with Gasteiger partial charge in [-0.2, -0.15) is 0 Å². The molecule has 0 atom stereocenters. The van der Waals surface area contributed by atoms with Crippen LogP contribution in [-0.4, -0.2) is 9.97 Å². The van der Waals surface area contributed by atoms with E-state index in [2.05, 4.69) is 9.97 Å². The summed E-state index contributed by atoms with van der Waals surface area (Å²) < 4.78 is 0. The van der Waals surface area contributed by atoms with Gasteiger partial charge in [0.05, 0.1) is 15.7 Å². The first-order chi connectivity index (χ1) is 7.75. The molecule has 0 aliphatic heterocycles. The molecule has 2 N–H and O–H groups in total. The molecule has 0 spiro atoms. The number of anilines is 1. The van der Waals surface area contributed by atoms with Crippen LogP contribution in [0.15, 0.2) is 41.8 Å². The van der Waals surface area contributed by atoms with Gasteiger partial charge in [0.25, 0.3) is 0 Å². The smallest absolute Gasteiger partial charge is 0.116 e. The van der Waals surface area contributed by atoms with Gasteiger partial charge in [-0.1, -0.05) is 17.7 Å². The third kappa shape index (κ3) is 2.87. The summed E-state index contributed by atoms with van der Waals surface area (Å²) in [7, 11) is 0. The summed E-state index contributed by atoms with van der Waals surface area (Å²) in [6.07, 6.45) is 3.27. The van der Waals surface area contributed by atoms with Gasteiger partial charge in [0.2, 0.25) is 0 Å². The monoisotopic (exact) mass is 251 g/mol. The molecule has 0 aliphatic rings. The second kappa shape index (κ2) is 5.18. The average Bonchev–Trinajstić information content (AvgIpc) is 2.32. The van der Waals surface area contributed by atoms with Crippen molar-refractivity contribution in [3.8, 4) is 0 Å². The molecule has 0 radical (unpaired) electrons. The van der Waals surface area contributed by atoms with Gasteiger partial charge < -0.3 is 5.73 Å². The third-order valence-corrected chi connectivity index (χ3v) is 3.36. The lowest BCUT2D eigenvalue weighted by Crippen LogP contribution is -1.89. The van der Waals surface area contributed by atoms with Crippen LogP contribution in [0.25, 0.3) is 0 Å². The highest BCUT2D eigenvalue weighted by Crippen LogP contribution is 2.24. The van der Waals surface area contributed by atoms with E-state index in [1.54, 1.807) is 24.3 Å². The van der Waals surface area contributed by atoms with Gasteiger partial charge in [-0.05, 0) is 23.8 Å². The average molecular weight is 252 g/mol. The van der Waals surface area contributed by atoms with Crippen LogP contribution in [0.3, 0.4) is 0 Å². The Bertz CT molecular complexity index is 476. The lowest BCUT2D eigenvalue weighted by molar-refractivity contribution is 1.05. The van der Waals surface area contributed by atoms with Gasteiger partial charge in [-0.25, -0.2) is 9.97 Å². The lowest BCUT2D eigenvalue weighted by Gasteiger charge is -2.03. The predicted octanol–water partition coefficient (Wildman–Crippen LogP) is 3.00. The highest BCUT2D eigenvalue weighted by Gasteiger charge is 2.00. The lowest BCUT2D eigenvalue weighted by atomic mass is 10.2. The van der Waals surface area contributed by atoms with Crippen LogP contribution >= 0.6 is 23.4 Å². The first-order valence-corrected chi connectivity index (χ1v) is 6.05. The number of rotatable bonds is 3. The summed E-state index contributed by atoms with van der Waals surface area (Å²) in [5.74, 6) is 0.818. The van der Waals surface area contributed by atoms with Crippen molar-refractivity contribution in [2.45, 2.75) is 10.8 Å². The first kappa shape index (κ1) is 11.2. The summed E-state index contributed by atoms with van der Waals surface area (Å²) in [6.45, 7) is 0. The third-order valence-electron chi connectivity index (χ3n) is 2.00. The summed E-state index contributed by atoms with van der Waals surface area (Å²) in [5, 5.41) is 1.54. The second-order valence-electron chi connectivity index (χ2n) is 3.19. The molecule has 1 aromatic carbocycles. The Kier molecular flexibility index (Phi) is 3.64. The summed E-state index contributed by atoms with van der Waals surface area (Å²) in [6, 6.07) is 7.54. The van der Waals surface area contributed by atoms with Crippen molar-refractivity contribution in [2.24, 2.45) is 0 Å². The predicted molar refractivity (Wildman–Crippen MR) is 67.5 cm³/mol. The number of hydrogen-bond donors (Lipinski definition) is 1. The Morgan fingerprint density at radius 1 is 1.31 bits per heavy atom. The number of nitrogen functional groups attached to an aromatic ring is 1. The topological polar surface area (TPSA) is 51.8 Å². The minimum atomic E-state index is 0.593. The van der Waals surface area contributed by atoms with E-state index in [-0.39, 0.29) is 0 Å². The maximum Gasteiger partial charge on any atom is 0.116 e. The molecular formula is C11H10ClN3S. The molecule has 2 aromatic rings. The van der Waals surface area contributed by atoms with Crippen molar-refractivity contribution in [3.63, 3.8) is 0 Å². The van der Waals surface area contributed by atoms with Gasteiger partial charge in [0.1, 0.15) is 6.33 Å². The molecule has 0 unspecified atom stereocenters. The van der Waals surface area contributed by atoms with Crippen LogP contribution in [0.2, 0.25) is 5.02 Å². The Morgan fingerprint density at radius 2 is 2.19 bits per heavy atom. The molecule has 82 valence electrons. The van der Waals surface area contributed by atoms with Gasteiger partial charge in [-0.15, -0.1) is 11.8 Å². The van der Waals surface area contributed by atoms with Crippen molar-refractivity contribution in [1.29, 1.82) is 0 Å². The second-order valence-corrected chi connectivity index (χ2v) is 4.59. The number of nitrogens with two attached hydrogens (primary N) is 1. The molecule has 0 saturated heterocycles. The Balaban J connectivity index is 2.03. The molecule has 5 heteroatoms. The zero-order valence-corrected chi connectivity index (χ0v) is 10.0. The molecule has 3 nitrogen and oxygen atoms in total. The van der Waals surface area contributed by atoms with Crippen molar-refractivity contribution in [2.75, 3.05) is 5.73 Å². The van der Waals surface area contributed by atoms with Crippen LogP contribution in [0, 0.1) is 0 Å². The standard InChI is InChI=1S/C11H10ClN3S/c12-9-2-1-8(5-10(9)13)6-16-11-3-4-14-7-15-11/h1-5,7H,6,13H2.